The first-order valence-corrected chi connectivity index (χ1v) is 9.63. The van der Waals surface area contributed by atoms with E-state index in [9.17, 15) is 5.26 Å². The normalized spacial score (nSPS) is 10.9. The van der Waals surface area contributed by atoms with Crippen molar-refractivity contribution in [2.24, 2.45) is 10.2 Å². The minimum absolute atomic E-state index is 0.322. The fourth-order valence-electron chi connectivity index (χ4n) is 3.03. The highest BCUT2D eigenvalue weighted by molar-refractivity contribution is 5.52. The molecule has 6 nitrogen and oxygen atoms in total. The molecule has 30 heavy (non-hydrogen) atoms. The number of nitriles is 1. The van der Waals surface area contributed by atoms with Crippen LogP contribution in [-0.4, -0.2) is 12.1 Å². The number of hydrogen-bond acceptors (Lipinski definition) is 6. The summed E-state index contributed by atoms with van der Waals surface area (Å²) in [5.41, 5.74) is 5.27. The van der Waals surface area contributed by atoms with E-state index in [0.717, 1.165) is 28.1 Å². The van der Waals surface area contributed by atoms with Crippen molar-refractivity contribution in [2.75, 3.05) is 7.11 Å². The maximum atomic E-state index is 9.45. The molecular formula is C24H24N4O2. The number of nitrogens with zero attached hydrogens (tertiary/aromatic N) is 4. The molecule has 0 aliphatic rings. The fourth-order valence-corrected chi connectivity index (χ4v) is 3.03. The predicted octanol–water partition coefficient (Wildman–Crippen LogP) is 5.58. The van der Waals surface area contributed by atoms with Crippen molar-refractivity contribution < 1.29 is 9.47 Å². The Hall–Kier alpha value is -3.56. The summed E-state index contributed by atoms with van der Waals surface area (Å²) in [5.74, 6) is 1.12. The van der Waals surface area contributed by atoms with Gasteiger partial charge in [0.15, 0.2) is 5.82 Å². The van der Waals surface area contributed by atoms with Gasteiger partial charge in [-0.25, -0.2) is 4.98 Å². The molecule has 1 heterocycles. The van der Waals surface area contributed by atoms with Gasteiger partial charge in [0.05, 0.1) is 13.2 Å². The van der Waals surface area contributed by atoms with E-state index >= 15 is 0 Å². The molecular weight excluding hydrogens is 376 g/mol. The van der Waals surface area contributed by atoms with Crippen molar-refractivity contribution in [2.45, 2.75) is 33.6 Å². The van der Waals surface area contributed by atoms with Crippen LogP contribution in [0.1, 0.15) is 33.5 Å². The summed E-state index contributed by atoms with van der Waals surface area (Å²) in [4.78, 5) is 4.33. The third-order valence-electron chi connectivity index (χ3n) is 4.45. The SMILES string of the molecule is COCc1cc(C)nc(N=NCc2ccc(OCc3cccc(C)c3)cc2)c1C#N. The minimum atomic E-state index is 0.322. The summed E-state index contributed by atoms with van der Waals surface area (Å²) in [7, 11) is 1.59. The van der Waals surface area contributed by atoms with E-state index in [4.69, 9.17) is 9.47 Å². The molecule has 152 valence electrons. The largest absolute Gasteiger partial charge is 0.489 e. The lowest BCUT2D eigenvalue weighted by atomic mass is 10.1. The van der Waals surface area contributed by atoms with Crippen LogP contribution in [0.3, 0.4) is 0 Å². The first-order chi connectivity index (χ1) is 14.6. The van der Waals surface area contributed by atoms with Gasteiger partial charge in [-0.05, 0) is 43.2 Å². The van der Waals surface area contributed by atoms with Gasteiger partial charge in [0.1, 0.15) is 24.0 Å². The Morgan fingerprint density at radius 3 is 2.50 bits per heavy atom. The average molecular weight is 400 g/mol. The van der Waals surface area contributed by atoms with Crippen molar-refractivity contribution in [3.05, 3.63) is 88.1 Å². The zero-order chi connectivity index (χ0) is 21.3. The summed E-state index contributed by atoms with van der Waals surface area (Å²) in [5, 5.41) is 17.9. The Labute approximate surface area is 176 Å². The van der Waals surface area contributed by atoms with E-state index in [1.807, 2.05) is 43.3 Å². The van der Waals surface area contributed by atoms with E-state index in [2.05, 4.69) is 46.4 Å². The van der Waals surface area contributed by atoms with Crippen molar-refractivity contribution >= 4 is 5.82 Å². The standard InChI is InChI=1S/C24H24N4O2/c1-17-5-4-6-20(11-17)15-30-22-9-7-19(8-10-22)14-26-28-24-23(13-25)21(16-29-3)12-18(2)27-24/h4-12H,14-16H2,1-3H3. The maximum absolute atomic E-state index is 9.45. The number of ether oxygens (including phenoxy) is 2. The number of rotatable bonds is 8. The molecule has 0 N–H and O–H groups in total. The van der Waals surface area contributed by atoms with Crippen LogP contribution in [0, 0.1) is 25.2 Å². The molecule has 0 spiro atoms. The summed E-state index contributed by atoms with van der Waals surface area (Å²) in [6, 6.07) is 20.0. The molecule has 0 radical (unpaired) electrons. The summed E-state index contributed by atoms with van der Waals surface area (Å²) >= 11 is 0. The van der Waals surface area contributed by atoms with Crippen molar-refractivity contribution in [3.8, 4) is 11.8 Å². The van der Waals surface area contributed by atoms with Gasteiger partial charge in [-0.3, -0.25) is 0 Å². The zero-order valence-electron chi connectivity index (χ0n) is 17.4. The number of benzene rings is 2. The van der Waals surface area contributed by atoms with E-state index in [1.165, 1.54) is 5.56 Å². The second-order valence-electron chi connectivity index (χ2n) is 6.99. The minimum Gasteiger partial charge on any atom is -0.489 e. The molecule has 0 saturated heterocycles. The lowest BCUT2D eigenvalue weighted by Gasteiger charge is -2.07. The number of methoxy groups -OCH3 is 1. The number of azo groups is 1. The molecule has 0 fully saturated rings. The average Bonchev–Trinajstić information content (AvgIpc) is 2.73. The number of aryl methyl sites for hydroxylation is 2. The summed E-state index contributed by atoms with van der Waals surface area (Å²) in [6.07, 6.45) is 0. The molecule has 0 amide bonds. The van der Waals surface area contributed by atoms with Gasteiger partial charge in [-0.15, -0.1) is 5.11 Å². The Balaban J connectivity index is 1.62. The van der Waals surface area contributed by atoms with Gasteiger partial charge in [0.2, 0.25) is 0 Å². The first kappa shape index (κ1) is 21.2. The van der Waals surface area contributed by atoms with E-state index in [1.54, 1.807) is 7.11 Å². The maximum Gasteiger partial charge on any atom is 0.192 e. The fraction of sp³-hybridized carbons (Fsp3) is 0.250. The Morgan fingerprint density at radius 1 is 1.00 bits per heavy atom. The topological polar surface area (TPSA) is 79.9 Å². The molecule has 6 heteroatoms. The molecule has 0 aliphatic carbocycles. The third-order valence-corrected chi connectivity index (χ3v) is 4.45. The highest BCUT2D eigenvalue weighted by atomic mass is 16.5. The van der Waals surface area contributed by atoms with Crippen LogP contribution in [0.15, 0.2) is 64.8 Å². The smallest absolute Gasteiger partial charge is 0.192 e. The Kier molecular flexibility index (Phi) is 7.25. The van der Waals surface area contributed by atoms with E-state index in [0.29, 0.717) is 31.1 Å². The van der Waals surface area contributed by atoms with Crippen molar-refractivity contribution in [3.63, 3.8) is 0 Å². The highest BCUT2D eigenvalue weighted by Crippen LogP contribution is 2.23. The lowest BCUT2D eigenvalue weighted by Crippen LogP contribution is -1.97. The summed E-state index contributed by atoms with van der Waals surface area (Å²) < 4.78 is 11.0. The monoisotopic (exact) mass is 400 g/mol. The van der Waals surface area contributed by atoms with Gasteiger partial charge < -0.3 is 9.47 Å². The molecule has 3 rings (SSSR count). The number of hydrogen-bond donors (Lipinski definition) is 0. The van der Waals surface area contributed by atoms with Gasteiger partial charge in [0.25, 0.3) is 0 Å². The van der Waals surface area contributed by atoms with Gasteiger partial charge >= 0.3 is 0 Å². The van der Waals surface area contributed by atoms with Crippen LogP contribution in [0.4, 0.5) is 5.82 Å². The molecule has 0 saturated carbocycles. The van der Waals surface area contributed by atoms with E-state index in [-0.39, 0.29) is 0 Å². The molecule has 0 bridgehead atoms. The van der Waals surface area contributed by atoms with Gasteiger partial charge in [-0.2, -0.15) is 10.4 Å². The first-order valence-electron chi connectivity index (χ1n) is 9.63. The summed E-state index contributed by atoms with van der Waals surface area (Å²) in [6.45, 7) is 5.17. The highest BCUT2D eigenvalue weighted by Gasteiger charge is 2.11. The Bertz CT molecular complexity index is 1070. The van der Waals surface area contributed by atoms with Crippen LogP contribution < -0.4 is 4.74 Å². The lowest BCUT2D eigenvalue weighted by molar-refractivity contribution is 0.184. The van der Waals surface area contributed by atoms with E-state index < -0.39 is 0 Å². The van der Waals surface area contributed by atoms with Crippen molar-refractivity contribution in [1.82, 2.24) is 4.98 Å². The molecule has 0 unspecified atom stereocenters. The van der Waals surface area contributed by atoms with Crippen LogP contribution in [0.2, 0.25) is 0 Å². The third kappa shape index (κ3) is 5.72. The molecule has 0 aliphatic heterocycles. The zero-order valence-corrected chi connectivity index (χ0v) is 17.4. The molecule has 0 atom stereocenters. The van der Waals surface area contributed by atoms with Crippen LogP contribution >= 0.6 is 0 Å². The van der Waals surface area contributed by atoms with Gasteiger partial charge in [0, 0.05) is 18.4 Å². The second-order valence-corrected chi connectivity index (χ2v) is 6.99. The molecule has 2 aromatic carbocycles. The Morgan fingerprint density at radius 2 is 1.80 bits per heavy atom. The predicted molar refractivity (Wildman–Crippen MR) is 115 cm³/mol. The number of aromatic nitrogens is 1. The van der Waals surface area contributed by atoms with Crippen LogP contribution in [0.5, 0.6) is 5.75 Å². The van der Waals surface area contributed by atoms with Crippen LogP contribution in [-0.2, 0) is 24.5 Å². The second kappa shape index (κ2) is 10.3. The van der Waals surface area contributed by atoms with Gasteiger partial charge in [-0.1, -0.05) is 42.0 Å². The molecule has 1 aromatic heterocycles. The number of pyridine rings is 1. The van der Waals surface area contributed by atoms with Crippen LogP contribution in [0.25, 0.3) is 0 Å². The quantitative estimate of drug-likeness (QED) is 0.462. The van der Waals surface area contributed by atoms with Crippen molar-refractivity contribution in [1.29, 1.82) is 5.26 Å². The molecule has 3 aromatic rings.